The molecule has 0 spiro atoms. The van der Waals surface area contributed by atoms with Crippen molar-refractivity contribution >= 4 is 11.4 Å². The lowest BCUT2D eigenvalue weighted by molar-refractivity contribution is -0.383. The fraction of sp³-hybridized carbons (Fsp3) is 0.600. The first-order valence-corrected chi connectivity index (χ1v) is 7.38. The summed E-state index contributed by atoms with van der Waals surface area (Å²) >= 11 is 0. The Bertz CT molecular complexity index is 476. The van der Waals surface area contributed by atoms with Crippen molar-refractivity contribution in [2.45, 2.75) is 51.6 Å². The predicted molar refractivity (Wildman–Crippen MR) is 80.5 cm³/mol. The Morgan fingerprint density at radius 2 is 2.20 bits per heavy atom. The first-order valence-electron chi connectivity index (χ1n) is 7.38. The zero-order chi connectivity index (χ0) is 14.5. The summed E-state index contributed by atoms with van der Waals surface area (Å²) in [7, 11) is 0. The van der Waals surface area contributed by atoms with E-state index in [1.54, 1.807) is 6.07 Å². The topological polar surface area (TPSA) is 72.4 Å². The fourth-order valence-electron chi connectivity index (χ4n) is 3.01. The average Bonchev–Trinajstić information content (AvgIpc) is 2.63. The number of rotatable bonds is 4. The van der Waals surface area contributed by atoms with E-state index in [-0.39, 0.29) is 11.4 Å². The largest absolute Gasteiger partial charge is 0.393 e. The van der Waals surface area contributed by atoms with Crippen LogP contribution >= 0.6 is 0 Å². The smallest absolute Gasteiger partial charge is 0.292 e. The number of likely N-dealkylation sites (tertiary alicyclic amines) is 1. The van der Waals surface area contributed by atoms with Gasteiger partial charge in [0.2, 0.25) is 0 Å². The van der Waals surface area contributed by atoms with Crippen LogP contribution in [0.5, 0.6) is 0 Å². The third-order valence-corrected chi connectivity index (χ3v) is 4.14. The van der Waals surface area contributed by atoms with E-state index in [2.05, 4.69) is 11.8 Å². The summed E-state index contributed by atoms with van der Waals surface area (Å²) in [5.74, 6) is 0. The molecule has 0 amide bonds. The van der Waals surface area contributed by atoms with Crippen molar-refractivity contribution in [3.8, 4) is 0 Å². The van der Waals surface area contributed by atoms with Crippen molar-refractivity contribution in [2.75, 3.05) is 12.3 Å². The molecule has 2 N–H and O–H groups in total. The number of nitrogens with zero attached hydrogens (tertiary/aromatic N) is 2. The third kappa shape index (κ3) is 3.48. The van der Waals surface area contributed by atoms with E-state index in [0.29, 0.717) is 6.04 Å². The molecule has 0 radical (unpaired) electrons. The van der Waals surface area contributed by atoms with Gasteiger partial charge in [0.05, 0.1) is 4.92 Å². The van der Waals surface area contributed by atoms with Gasteiger partial charge in [0, 0.05) is 18.7 Å². The summed E-state index contributed by atoms with van der Waals surface area (Å²) in [6.45, 7) is 4.17. The van der Waals surface area contributed by atoms with E-state index < -0.39 is 4.92 Å². The normalized spacial score (nSPS) is 20.6. The van der Waals surface area contributed by atoms with Crippen LogP contribution in [-0.2, 0) is 6.54 Å². The van der Waals surface area contributed by atoms with E-state index >= 15 is 0 Å². The molecule has 2 rings (SSSR count). The second-order valence-electron chi connectivity index (χ2n) is 5.53. The van der Waals surface area contributed by atoms with Crippen LogP contribution in [0.1, 0.15) is 44.6 Å². The molecule has 0 saturated carbocycles. The van der Waals surface area contributed by atoms with Gasteiger partial charge >= 0.3 is 0 Å². The summed E-state index contributed by atoms with van der Waals surface area (Å²) in [4.78, 5) is 12.8. The standard InChI is InChI=1S/C15H23N3O2/c1-2-13-6-4-3-5-9-17(13)11-12-7-8-15(18(19)20)14(16)10-12/h7-8,10,13H,2-6,9,11,16H2,1H3. The number of hydrogen-bond acceptors (Lipinski definition) is 4. The first kappa shape index (κ1) is 14.8. The number of benzene rings is 1. The SMILES string of the molecule is CCC1CCCCCN1Cc1ccc([N+](=O)[O-])c(N)c1. The quantitative estimate of drug-likeness (QED) is 0.520. The first-order chi connectivity index (χ1) is 9.61. The van der Waals surface area contributed by atoms with Crippen molar-refractivity contribution in [3.05, 3.63) is 33.9 Å². The molecule has 1 aromatic carbocycles. The van der Waals surface area contributed by atoms with Crippen LogP contribution in [0.3, 0.4) is 0 Å². The zero-order valence-corrected chi connectivity index (χ0v) is 12.0. The number of hydrogen-bond donors (Lipinski definition) is 1. The molecule has 1 fully saturated rings. The Labute approximate surface area is 119 Å². The van der Waals surface area contributed by atoms with Gasteiger partial charge in [-0.1, -0.05) is 25.8 Å². The molecule has 0 bridgehead atoms. The molecular formula is C15H23N3O2. The Balaban J connectivity index is 2.11. The minimum absolute atomic E-state index is 0.00309. The predicted octanol–water partition coefficient (Wildman–Crippen LogP) is 3.33. The maximum atomic E-state index is 10.8. The second-order valence-corrected chi connectivity index (χ2v) is 5.53. The molecule has 20 heavy (non-hydrogen) atoms. The van der Waals surface area contributed by atoms with Crippen LogP contribution in [0.15, 0.2) is 18.2 Å². The summed E-state index contributed by atoms with van der Waals surface area (Å²) in [5.41, 5.74) is 7.09. The molecule has 110 valence electrons. The molecule has 1 heterocycles. The van der Waals surface area contributed by atoms with Gasteiger partial charge in [-0.3, -0.25) is 15.0 Å². The van der Waals surface area contributed by atoms with Gasteiger partial charge in [0.1, 0.15) is 5.69 Å². The van der Waals surface area contributed by atoms with Crippen molar-refractivity contribution < 1.29 is 4.92 Å². The minimum atomic E-state index is -0.431. The highest BCUT2D eigenvalue weighted by molar-refractivity contribution is 5.59. The lowest BCUT2D eigenvalue weighted by Crippen LogP contribution is -2.33. The molecule has 1 saturated heterocycles. The molecule has 1 aliphatic heterocycles. The van der Waals surface area contributed by atoms with E-state index in [0.717, 1.165) is 25.1 Å². The summed E-state index contributed by atoms with van der Waals surface area (Å²) in [6, 6.07) is 5.71. The minimum Gasteiger partial charge on any atom is -0.393 e. The van der Waals surface area contributed by atoms with Gasteiger partial charge in [-0.2, -0.15) is 0 Å². The summed E-state index contributed by atoms with van der Waals surface area (Å²) < 4.78 is 0. The van der Waals surface area contributed by atoms with Crippen LogP contribution in [0.25, 0.3) is 0 Å². The van der Waals surface area contributed by atoms with Crippen molar-refractivity contribution in [1.29, 1.82) is 0 Å². The number of nitro benzene ring substituents is 1. The lowest BCUT2D eigenvalue weighted by Gasteiger charge is -2.29. The average molecular weight is 277 g/mol. The number of nitrogen functional groups attached to an aromatic ring is 1. The highest BCUT2D eigenvalue weighted by Crippen LogP contribution is 2.25. The van der Waals surface area contributed by atoms with E-state index in [1.165, 1.54) is 31.7 Å². The van der Waals surface area contributed by atoms with Gasteiger partial charge in [-0.05, 0) is 37.4 Å². The summed E-state index contributed by atoms with van der Waals surface area (Å²) in [6.07, 6.45) is 6.24. The van der Waals surface area contributed by atoms with Crippen LogP contribution in [0, 0.1) is 10.1 Å². The fourth-order valence-corrected chi connectivity index (χ4v) is 3.01. The highest BCUT2D eigenvalue weighted by atomic mass is 16.6. The van der Waals surface area contributed by atoms with Crippen molar-refractivity contribution in [1.82, 2.24) is 4.90 Å². The van der Waals surface area contributed by atoms with Gasteiger partial charge < -0.3 is 5.73 Å². The zero-order valence-electron chi connectivity index (χ0n) is 12.0. The van der Waals surface area contributed by atoms with Crippen LogP contribution in [-0.4, -0.2) is 22.4 Å². The number of nitro groups is 1. The maximum Gasteiger partial charge on any atom is 0.292 e. The molecule has 0 aliphatic carbocycles. The molecule has 5 nitrogen and oxygen atoms in total. The Kier molecular flexibility index (Phi) is 4.95. The monoisotopic (exact) mass is 277 g/mol. The van der Waals surface area contributed by atoms with Crippen molar-refractivity contribution in [3.63, 3.8) is 0 Å². The molecule has 1 aliphatic rings. The summed E-state index contributed by atoms with van der Waals surface area (Å²) in [5, 5.41) is 10.8. The highest BCUT2D eigenvalue weighted by Gasteiger charge is 2.20. The van der Waals surface area contributed by atoms with Crippen molar-refractivity contribution in [2.24, 2.45) is 0 Å². The third-order valence-electron chi connectivity index (χ3n) is 4.14. The molecule has 0 aromatic heterocycles. The molecule has 1 atom stereocenters. The second kappa shape index (κ2) is 6.70. The molecular weight excluding hydrogens is 254 g/mol. The van der Waals surface area contributed by atoms with Crippen LogP contribution in [0.4, 0.5) is 11.4 Å². The van der Waals surface area contributed by atoms with Crippen LogP contribution in [0.2, 0.25) is 0 Å². The van der Waals surface area contributed by atoms with Gasteiger partial charge in [-0.15, -0.1) is 0 Å². The van der Waals surface area contributed by atoms with Crippen LogP contribution < -0.4 is 5.73 Å². The van der Waals surface area contributed by atoms with E-state index in [4.69, 9.17) is 5.73 Å². The lowest BCUT2D eigenvalue weighted by atomic mass is 10.1. The Morgan fingerprint density at radius 1 is 1.40 bits per heavy atom. The van der Waals surface area contributed by atoms with Gasteiger partial charge in [0.15, 0.2) is 0 Å². The van der Waals surface area contributed by atoms with E-state index in [9.17, 15) is 10.1 Å². The molecule has 1 aromatic rings. The molecule has 1 unspecified atom stereocenters. The van der Waals surface area contributed by atoms with Gasteiger partial charge in [0.25, 0.3) is 5.69 Å². The molecule has 5 heteroatoms. The van der Waals surface area contributed by atoms with E-state index in [1.807, 2.05) is 6.07 Å². The maximum absolute atomic E-state index is 10.8. The van der Waals surface area contributed by atoms with Gasteiger partial charge in [-0.25, -0.2) is 0 Å². The number of nitrogens with two attached hydrogens (primary N) is 1. The Hall–Kier alpha value is -1.62. The Morgan fingerprint density at radius 3 is 2.85 bits per heavy atom. The number of anilines is 1.